The first kappa shape index (κ1) is 9.59. The molecular weight excluding hydrogens is 242 g/mol. The van der Waals surface area contributed by atoms with E-state index in [1.165, 1.54) is 6.26 Å². The molecule has 1 atom stereocenters. The van der Waals surface area contributed by atoms with Gasteiger partial charge in [-0.05, 0) is 30.0 Å². The molecule has 2 nitrogen and oxygen atoms in total. The molecule has 1 aliphatic rings. The van der Waals surface area contributed by atoms with Crippen LogP contribution in [0.15, 0.2) is 24.5 Å². The van der Waals surface area contributed by atoms with E-state index >= 15 is 0 Å². The first-order chi connectivity index (χ1) is 6.74. The molecule has 0 aliphatic heterocycles. The van der Waals surface area contributed by atoms with Crippen molar-refractivity contribution in [2.75, 3.05) is 5.73 Å². The van der Waals surface area contributed by atoms with Crippen LogP contribution >= 0.6 is 15.9 Å². The highest BCUT2D eigenvalue weighted by atomic mass is 79.9. The van der Waals surface area contributed by atoms with Gasteiger partial charge in [-0.15, -0.1) is 0 Å². The van der Waals surface area contributed by atoms with E-state index in [1.807, 2.05) is 18.2 Å². The summed E-state index contributed by atoms with van der Waals surface area (Å²) in [6, 6.07) is 5.83. The van der Waals surface area contributed by atoms with Crippen LogP contribution in [0.3, 0.4) is 0 Å². The molecule has 0 saturated carbocycles. The number of anilines is 1. The summed E-state index contributed by atoms with van der Waals surface area (Å²) in [5.41, 5.74) is 9.86. The van der Waals surface area contributed by atoms with Crippen LogP contribution in [0.25, 0.3) is 5.57 Å². The maximum atomic E-state index is 9.17. The topological polar surface area (TPSA) is 46.2 Å². The number of allylic oxidation sites excluding steroid dienone is 1. The van der Waals surface area contributed by atoms with E-state index in [1.54, 1.807) is 0 Å². The number of aliphatic hydroxyl groups excluding tert-OH is 1. The third kappa shape index (κ3) is 1.42. The number of nitrogen functional groups attached to an aromatic ring is 1. The van der Waals surface area contributed by atoms with Crippen molar-refractivity contribution in [3.05, 3.63) is 35.6 Å². The molecule has 0 bridgehead atoms. The van der Waals surface area contributed by atoms with Crippen molar-refractivity contribution in [3.8, 4) is 0 Å². The molecule has 1 unspecified atom stereocenters. The minimum atomic E-state index is 0.238. The van der Waals surface area contributed by atoms with Crippen LogP contribution in [0.1, 0.15) is 17.5 Å². The van der Waals surface area contributed by atoms with Crippen molar-refractivity contribution in [2.45, 2.75) is 17.7 Å². The summed E-state index contributed by atoms with van der Waals surface area (Å²) in [5, 5.41) is 9.17. The summed E-state index contributed by atoms with van der Waals surface area (Å²) in [7, 11) is 0. The average Bonchev–Trinajstić information content (AvgIpc) is 2.18. The van der Waals surface area contributed by atoms with Gasteiger partial charge < -0.3 is 10.8 Å². The van der Waals surface area contributed by atoms with Crippen LogP contribution in [-0.4, -0.2) is 9.93 Å². The van der Waals surface area contributed by atoms with Gasteiger partial charge in [-0.25, -0.2) is 0 Å². The molecule has 0 saturated heterocycles. The summed E-state index contributed by atoms with van der Waals surface area (Å²) in [5.74, 6) is 0. The van der Waals surface area contributed by atoms with Gasteiger partial charge in [0.2, 0.25) is 0 Å². The predicted octanol–water partition coefficient (Wildman–Crippen LogP) is 2.88. The van der Waals surface area contributed by atoms with Gasteiger partial charge in [0.05, 0.1) is 6.26 Å². The summed E-state index contributed by atoms with van der Waals surface area (Å²) in [6.45, 7) is 0. The molecule has 0 heterocycles. The van der Waals surface area contributed by atoms with E-state index in [9.17, 15) is 0 Å². The second-order valence-corrected chi connectivity index (χ2v) is 4.57. The standard InChI is InChI=1S/C11H12BrNO/c12-10-5-4-8-7(9(10)6-14)2-1-3-11(8)13/h1-3,6,10,14H,4-5,13H2/b9-6-. The highest BCUT2D eigenvalue weighted by Gasteiger charge is 2.22. The quantitative estimate of drug-likeness (QED) is 0.425. The molecule has 1 aromatic carbocycles. The lowest BCUT2D eigenvalue weighted by Crippen LogP contribution is -2.14. The number of halogens is 1. The van der Waals surface area contributed by atoms with Crippen molar-refractivity contribution in [3.63, 3.8) is 0 Å². The van der Waals surface area contributed by atoms with Gasteiger partial charge >= 0.3 is 0 Å². The monoisotopic (exact) mass is 253 g/mol. The van der Waals surface area contributed by atoms with Gasteiger partial charge in [0.15, 0.2) is 0 Å². The van der Waals surface area contributed by atoms with Gasteiger partial charge in [-0.3, -0.25) is 0 Å². The summed E-state index contributed by atoms with van der Waals surface area (Å²) in [4.78, 5) is 0.238. The van der Waals surface area contributed by atoms with E-state index in [2.05, 4.69) is 15.9 Å². The molecular formula is C11H12BrNO. The second kappa shape index (κ2) is 3.65. The summed E-state index contributed by atoms with van der Waals surface area (Å²) >= 11 is 3.54. The lowest BCUT2D eigenvalue weighted by atomic mass is 9.87. The molecule has 0 spiro atoms. The Morgan fingerprint density at radius 2 is 2.29 bits per heavy atom. The van der Waals surface area contributed by atoms with E-state index < -0.39 is 0 Å². The number of hydrogen-bond acceptors (Lipinski definition) is 2. The van der Waals surface area contributed by atoms with Crippen LogP contribution in [-0.2, 0) is 6.42 Å². The van der Waals surface area contributed by atoms with Crippen LogP contribution in [0, 0.1) is 0 Å². The predicted molar refractivity (Wildman–Crippen MR) is 62.5 cm³/mol. The van der Waals surface area contributed by atoms with E-state index in [0.29, 0.717) is 0 Å². The maximum absolute atomic E-state index is 9.17. The third-order valence-electron chi connectivity index (χ3n) is 2.65. The van der Waals surface area contributed by atoms with Crippen LogP contribution in [0.5, 0.6) is 0 Å². The van der Waals surface area contributed by atoms with Crippen LogP contribution < -0.4 is 5.73 Å². The van der Waals surface area contributed by atoms with Gasteiger partial charge in [0.1, 0.15) is 0 Å². The number of hydrogen-bond donors (Lipinski definition) is 2. The van der Waals surface area contributed by atoms with E-state index in [4.69, 9.17) is 10.8 Å². The number of alkyl halides is 1. The fourth-order valence-corrected chi connectivity index (χ4v) is 2.49. The van der Waals surface area contributed by atoms with Crippen molar-refractivity contribution in [1.29, 1.82) is 0 Å². The minimum absolute atomic E-state index is 0.238. The number of nitrogens with two attached hydrogens (primary N) is 1. The van der Waals surface area contributed by atoms with Crippen molar-refractivity contribution in [1.82, 2.24) is 0 Å². The van der Waals surface area contributed by atoms with Crippen molar-refractivity contribution in [2.24, 2.45) is 0 Å². The number of aliphatic hydroxyl groups is 1. The smallest absolute Gasteiger partial charge is 0.0841 e. The van der Waals surface area contributed by atoms with Gasteiger partial charge in [-0.1, -0.05) is 28.1 Å². The number of benzene rings is 1. The van der Waals surface area contributed by atoms with E-state index in [0.717, 1.165) is 35.2 Å². The Morgan fingerprint density at radius 1 is 1.50 bits per heavy atom. The Hall–Kier alpha value is -0.960. The average molecular weight is 254 g/mol. The zero-order valence-corrected chi connectivity index (χ0v) is 9.29. The van der Waals surface area contributed by atoms with Crippen molar-refractivity contribution < 1.29 is 5.11 Å². The first-order valence-corrected chi connectivity index (χ1v) is 5.51. The molecule has 2 rings (SSSR count). The number of rotatable bonds is 0. The molecule has 0 amide bonds. The van der Waals surface area contributed by atoms with Crippen LogP contribution in [0.4, 0.5) is 5.69 Å². The van der Waals surface area contributed by atoms with Gasteiger partial charge in [0.25, 0.3) is 0 Å². The van der Waals surface area contributed by atoms with Crippen LogP contribution in [0.2, 0.25) is 0 Å². The Bertz CT molecular complexity index is 387. The molecule has 0 fully saturated rings. The Kier molecular flexibility index (Phi) is 2.50. The summed E-state index contributed by atoms with van der Waals surface area (Å²) < 4.78 is 0. The van der Waals surface area contributed by atoms with Gasteiger partial charge in [0, 0.05) is 16.1 Å². The first-order valence-electron chi connectivity index (χ1n) is 4.60. The molecule has 1 aliphatic carbocycles. The Labute approximate surface area is 91.6 Å². The normalized spacial score (nSPS) is 23.5. The largest absolute Gasteiger partial charge is 0.515 e. The molecule has 1 aromatic rings. The Balaban J connectivity index is 2.58. The third-order valence-corrected chi connectivity index (χ3v) is 3.60. The Morgan fingerprint density at radius 3 is 3.00 bits per heavy atom. The lowest BCUT2D eigenvalue weighted by molar-refractivity contribution is 0.473. The molecule has 0 radical (unpaired) electrons. The lowest BCUT2D eigenvalue weighted by Gasteiger charge is -2.24. The molecule has 3 heteroatoms. The van der Waals surface area contributed by atoms with E-state index in [-0.39, 0.29) is 4.83 Å². The highest BCUT2D eigenvalue weighted by Crippen LogP contribution is 2.37. The number of fused-ring (bicyclic) bond motifs is 1. The zero-order valence-electron chi connectivity index (χ0n) is 7.70. The second-order valence-electron chi connectivity index (χ2n) is 3.46. The molecule has 14 heavy (non-hydrogen) atoms. The maximum Gasteiger partial charge on any atom is 0.0841 e. The molecule has 3 N–H and O–H groups in total. The fourth-order valence-electron chi connectivity index (χ4n) is 1.90. The highest BCUT2D eigenvalue weighted by molar-refractivity contribution is 9.09. The minimum Gasteiger partial charge on any atom is -0.515 e. The fraction of sp³-hybridized carbons (Fsp3) is 0.273. The summed E-state index contributed by atoms with van der Waals surface area (Å²) in [6.07, 6.45) is 3.12. The van der Waals surface area contributed by atoms with Crippen molar-refractivity contribution >= 4 is 27.2 Å². The zero-order chi connectivity index (χ0) is 10.1. The molecule has 0 aromatic heterocycles. The SMILES string of the molecule is Nc1cccc2c1CCC(Br)/C2=C\O. The van der Waals surface area contributed by atoms with Gasteiger partial charge in [-0.2, -0.15) is 0 Å². The molecule has 74 valence electrons.